The first-order valence-corrected chi connectivity index (χ1v) is 15.9. The highest BCUT2D eigenvalue weighted by molar-refractivity contribution is 6.30. The van der Waals surface area contributed by atoms with Crippen LogP contribution in [-0.2, 0) is 32.2 Å². The van der Waals surface area contributed by atoms with Gasteiger partial charge >= 0.3 is 12.1 Å². The maximum absolute atomic E-state index is 12.1. The first-order valence-electron chi connectivity index (χ1n) is 15.5. The first-order chi connectivity index (χ1) is 22.2. The Morgan fingerprint density at radius 3 is 1.83 bits per heavy atom. The van der Waals surface area contributed by atoms with E-state index >= 15 is 0 Å². The number of rotatable bonds is 6. The van der Waals surface area contributed by atoms with Crippen molar-refractivity contribution < 1.29 is 14.3 Å². The highest BCUT2D eigenvalue weighted by atomic mass is 35.5. The van der Waals surface area contributed by atoms with E-state index in [1.165, 1.54) is 22.3 Å². The van der Waals surface area contributed by atoms with Gasteiger partial charge in [-0.25, -0.2) is 9.59 Å². The fourth-order valence-corrected chi connectivity index (χ4v) is 5.80. The summed E-state index contributed by atoms with van der Waals surface area (Å²) >= 11 is 5.84. The van der Waals surface area contributed by atoms with Gasteiger partial charge in [0.2, 0.25) is 0 Å². The van der Waals surface area contributed by atoms with Crippen molar-refractivity contribution in [1.29, 1.82) is 0 Å². The Morgan fingerprint density at radius 1 is 0.717 bits per heavy atom. The number of benzene rings is 4. The zero-order valence-electron chi connectivity index (χ0n) is 25.9. The molecular weight excluding hydrogens is 600 g/mol. The summed E-state index contributed by atoms with van der Waals surface area (Å²) < 4.78 is 5.14. The minimum absolute atomic E-state index is 0.215. The van der Waals surface area contributed by atoms with Gasteiger partial charge in [-0.3, -0.25) is 0 Å². The van der Waals surface area contributed by atoms with E-state index in [4.69, 9.17) is 27.8 Å². The van der Waals surface area contributed by atoms with Crippen molar-refractivity contribution in [2.24, 2.45) is 11.5 Å². The van der Waals surface area contributed by atoms with E-state index in [-0.39, 0.29) is 24.1 Å². The Kier molecular flexibility index (Phi) is 11.1. The number of nitrogens with one attached hydrogen (secondary N) is 4. The minimum atomic E-state index is -0.272. The first kappa shape index (κ1) is 32.8. The summed E-state index contributed by atoms with van der Waals surface area (Å²) in [7, 11) is 1.60. The molecule has 6 rings (SSSR count). The lowest BCUT2D eigenvalue weighted by atomic mass is 9.88. The van der Waals surface area contributed by atoms with Gasteiger partial charge in [0.15, 0.2) is 0 Å². The Bertz CT molecular complexity index is 1660. The number of methoxy groups -OCH3 is 1. The highest BCUT2D eigenvalue weighted by Gasteiger charge is 2.17. The number of hydrogen-bond donors (Lipinski definition) is 6. The van der Waals surface area contributed by atoms with Crippen molar-refractivity contribution in [3.8, 4) is 5.75 Å². The summed E-state index contributed by atoms with van der Waals surface area (Å²) in [6.07, 6.45) is 5.75. The summed E-state index contributed by atoms with van der Waals surface area (Å²) in [6.45, 7) is 0.461. The van der Waals surface area contributed by atoms with E-state index < -0.39 is 0 Å². The normalized spacial score (nSPS) is 16.4. The standard InChI is InChI=1S/C18H20ClN3O.C18H21N3O2/c19-15-5-1-12(2-6-15)11-21-18(23)22-17-8-4-13-9-16(20)7-3-14(13)10-17;1-23-17-4-2-3-15(11-17)20-18(22)21-16-8-6-12-9-14(19)7-5-13(12)10-16/h1-2,4-6,8,10,16H,3,7,9,11,20H2,(H2,21,22,23);2-4,6,8,10-11,14H,5,7,9,19H2,1H3,(H2,20,21,22)/t16-;14-/m00/s1. The number of aryl methyl sites for hydroxylation is 2. The number of ether oxygens (including phenoxy) is 1. The summed E-state index contributed by atoms with van der Waals surface area (Å²) in [5, 5.41) is 12.1. The number of hydrogen-bond acceptors (Lipinski definition) is 5. The molecule has 0 aliphatic heterocycles. The van der Waals surface area contributed by atoms with Gasteiger partial charge in [0.25, 0.3) is 0 Å². The monoisotopic (exact) mass is 640 g/mol. The van der Waals surface area contributed by atoms with E-state index in [1.807, 2.05) is 66.7 Å². The Morgan fingerprint density at radius 2 is 1.26 bits per heavy atom. The second-order valence-electron chi connectivity index (χ2n) is 11.7. The molecule has 10 heteroatoms. The molecule has 0 bridgehead atoms. The molecule has 2 atom stereocenters. The number of anilines is 3. The molecule has 0 saturated carbocycles. The van der Waals surface area contributed by atoms with Gasteiger partial charge in [-0.15, -0.1) is 0 Å². The molecule has 2 aliphatic rings. The minimum Gasteiger partial charge on any atom is -0.497 e. The number of nitrogens with two attached hydrogens (primary N) is 2. The predicted molar refractivity (Wildman–Crippen MR) is 186 cm³/mol. The maximum Gasteiger partial charge on any atom is 0.323 e. The van der Waals surface area contributed by atoms with E-state index in [9.17, 15) is 9.59 Å². The number of halogens is 1. The van der Waals surface area contributed by atoms with E-state index in [0.717, 1.165) is 55.5 Å². The Hall–Kier alpha value is -4.57. The van der Waals surface area contributed by atoms with Crippen LogP contribution in [0.25, 0.3) is 0 Å². The largest absolute Gasteiger partial charge is 0.497 e. The van der Waals surface area contributed by atoms with Gasteiger partial charge < -0.3 is 37.5 Å². The second-order valence-corrected chi connectivity index (χ2v) is 12.2. The molecule has 0 unspecified atom stereocenters. The Balaban J connectivity index is 0.000000181. The van der Waals surface area contributed by atoms with Crippen molar-refractivity contribution >= 4 is 40.7 Å². The van der Waals surface area contributed by atoms with Crippen molar-refractivity contribution in [3.63, 3.8) is 0 Å². The molecular formula is C36H41ClN6O3. The zero-order chi connectivity index (χ0) is 32.5. The fourth-order valence-electron chi connectivity index (χ4n) is 5.68. The van der Waals surface area contributed by atoms with Crippen LogP contribution in [0.15, 0.2) is 84.9 Å². The molecule has 0 saturated heterocycles. The van der Waals surface area contributed by atoms with Crippen molar-refractivity contribution in [3.05, 3.63) is 118 Å². The summed E-state index contributed by atoms with van der Waals surface area (Å²) in [6, 6.07) is 26.7. The lowest BCUT2D eigenvalue weighted by Gasteiger charge is -2.22. The van der Waals surface area contributed by atoms with Crippen LogP contribution in [-0.4, -0.2) is 31.3 Å². The summed E-state index contributed by atoms with van der Waals surface area (Å²) in [5.74, 6) is 0.702. The number of fused-ring (bicyclic) bond motifs is 2. The number of carbonyl (C=O) groups is 2. The zero-order valence-corrected chi connectivity index (χ0v) is 26.7. The molecule has 0 heterocycles. The lowest BCUT2D eigenvalue weighted by Crippen LogP contribution is -2.29. The van der Waals surface area contributed by atoms with Crippen molar-refractivity contribution in [2.45, 2.75) is 57.2 Å². The topological polar surface area (TPSA) is 144 Å². The molecule has 0 radical (unpaired) electrons. The van der Waals surface area contributed by atoms with Crippen molar-refractivity contribution in [2.75, 3.05) is 23.1 Å². The smallest absolute Gasteiger partial charge is 0.323 e. The quantitative estimate of drug-likeness (QED) is 0.140. The molecule has 0 fully saturated rings. The van der Waals surface area contributed by atoms with E-state index in [1.54, 1.807) is 13.2 Å². The summed E-state index contributed by atoms with van der Waals surface area (Å²) in [4.78, 5) is 24.1. The molecule has 9 nitrogen and oxygen atoms in total. The fraction of sp³-hybridized carbons (Fsp3) is 0.278. The second kappa shape index (κ2) is 15.6. The van der Waals surface area contributed by atoms with Crippen LogP contribution in [0.4, 0.5) is 26.7 Å². The molecule has 0 aromatic heterocycles. The third-order valence-corrected chi connectivity index (χ3v) is 8.41. The molecule has 4 aromatic rings. The van der Waals surface area contributed by atoms with Crippen LogP contribution in [0.1, 0.15) is 40.7 Å². The molecule has 4 aromatic carbocycles. The van der Waals surface area contributed by atoms with Crippen LogP contribution in [0.3, 0.4) is 0 Å². The van der Waals surface area contributed by atoms with Gasteiger partial charge in [0, 0.05) is 46.8 Å². The summed E-state index contributed by atoms with van der Waals surface area (Å²) in [5.41, 5.74) is 20.4. The van der Waals surface area contributed by atoms with Gasteiger partial charge in [0.1, 0.15) is 5.75 Å². The number of amides is 4. The van der Waals surface area contributed by atoms with Gasteiger partial charge in [-0.1, -0.05) is 41.9 Å². The predicted octanol–water partition coefficient (Wildman–Crippen LogP) is 6.63. The molecule has 2 aliphatic carbocycles. The average molecular weight is 641 g/mol. The van der Waals surface area contributed by atoms with Crippen LogP contribution >= 0.6 is 11.6 Å². The van der Waals surface area contributed by atoms with Crippen LogP contribution in [0.5, 0.6) is 5.75 Å². The number of urea groups is 2. The highest BCUT2D eigenvalue weighted by Crippen LogP contribution is 2.25. The molecule has 0 spiro atoms. The third kappa shape index (κ3) is 9.47. The number of carbonyl (C=O) groups excluding carboxylic acids is 2. The van der Waals surface area contributed by atoms with Crippen LogP contribution < -0.4 is 37.5 Å². The molecule has 4 amide bonds. The van der Waals surface area contributed by atoms with E-state index in [2.05, 4.69) is 33.4 Å². The average Bonchev–Trinajstić information content (AvgIpc) is 3.05. The van der Waals surface area contributed by atoms with E-state index in [0.29, 0.717) is 23.0 Å². The molecule has 46 heavy (non-hydrogen) atoms. The van der Waals surface area contributed by atoms with Gasteiger partial charge in [-0.2, -0.15) is 0 Å². The maximum atomic E-state index is 12.1. The van der Waals surface area contributed by atoms with Crippen molar-refractivity contribution in [1.82, 2.24) is 5.32 Å². The van der Waals surface area contributed by atoms with Gasteiger partial charge in [-0.05, 0) is 115 Å². The van der Waals surface area contributed by atoms with Gasteiger partial charge in [0.05, 0.1) is 7.11 Å². The lowest BCUT2D eigenvalue weighted by molar-refractivity contribution is 0.251. The molecule has 8 N–H and O–H groups in total. The molecule has 240 valence electrons. The Labute approximate surface area is 275 Å². The van der Waals surface area contributed by atoms with Crippen LogP contribution in [0.2, 0.25) is 5.02 Å². The van der Waals surface area contributed by atoms with Crippen LogP contribution in [0, 0.1) is 0 Å². The third-order valence-electron chi connectivity index (χ3n) is 8.16. The SMILES string of the molecule is COc1cccc(NC(=O)Nc2ccc3c(c2)CC[C@H](N)C3)c1.N[C@H]1CCc2cc(NC(=O)NCc3ccc(Cl)cc3)ccc2C1.